The molecule has 0 atom stereocenters. The van der Waals surface area contributed by atoms with Crippen LogP contribution in [0, 0.1) is 0 Å². The number of halogens is 1. The Kier molecular flexibility index (Phi) is 2.90. The number of rotatable bonds is 2. The molecule has 0 rings (SSSR count). The van der Waals surface area contributed by atoms with Crippen LogP contribution in [0.15, 0.2) is 0 Å². The molecule has 0 fully saturated rings. The van der Waals surface area contributed by atoms with E-state index < -0.39 is 10.0 Å². The molecule has 5 heteroatoms. The van der Waals surface area contributed by atoms with Crippen molar-refractivity contribution in [3.8, 4) is 0 Å². The van der Waals surface area contributed by atoms with Crippen LogP contribution >= 0.6 is 22.6 Å². The van der Waals surface area contributed by atoms with Gasteiger partial charge >= 0.3 is 0 Å². The molecule has 0 bridgehead atoms. The summed E-state index contributed by atoms with van der Waals surface area (Å²) in [5, 5.41) is 0. The van der Waals surface area contributed by atoms with E-state index in [1.165, 1.54) is 0 Å². The monoisotopic (exact) mass is 263 g/mol. The summed E-state index contributed by atoms with van der Waals surface area (Å²) in [5.41, 5.74) is 0. The topological polar surface area (TPSA) is 46.2 Å². The van der Waals surface area contributed by atoms with Gasteiger partial charge in [-0.25, -0.2) is 13.1 Å². The second kappa shape index (κ2) is 2.71. The van der Waals surface area contributed by atoms with Crippen LogP contribution in [0.5, 0.6) is 0 Å². The van der Waals surface area contributed by atoms with Crippen LogP contribution in [0.3, 0.4) is 0 Å². The number of sulfonamides is 1. The average Bonchev–Trinajstić information content (AvgIpc) is 1.14. The molecule has 0 saturated carbocycles. The van der Waals surface area contributed by atoms with Crippen molar-refractivity contribution in [2.24, 2.45) is 0 Å². The summed E-state index contributed by atoms with van der Waals surface area (Å²) in [6, 6.07) is 0. The van der Waals surface area contributed by atoms with Crippen LogP contribution in [0.25, 0.3) is 0 Å². The Balaban J connectivity index is 4.07. The zero-order valence-electron chi connectivity index (χ0n) is 5.60. The molecule has 0 aliphatic heterocycles. The van der Waals surface area contributed by atoms with Gasteiger partial charge in [0, 0.05) is 0 Å². The molecule has 0 saturated heterocycles. The van der Waals surface area contributed by atoms with Gasteiger partial charge in [0.25, 0.3) is 0 Å². The van der Waals surface area contributed by atoms with Gasteiger partial charge in [-0.15, -0.1) is 0 Å². The molecular formula is C4H10INO2S. The van der Waals surface area contributed by atoms with Crippen molar-refractivity contribution < 1.29 is 8.42 Å². The number of nitrogens with one attached hydrogen (secondary N) is 1. The lowest BCUT2D eigenvalue weighted by molar-refractivity contribution is 0.571. The Hall–Kier alpha value is 0.640. The fraction of sp³-hybridized carbons (Fsp3) is 1.00. The molecule has 0 aromatic heterocycles. The van der Waals surface area contributed by atoms with Crippen LogP contribution in [0.4, 0.5) is 0 Å². The SMILES string of the molecule is CC(C)(I)NS(C)(=O)=O. The van der Waals surface area contributed by atoms with Gasteiger partial charge in [-0.2, -0.15) is 0 Å². The molecule has 0 aliphatic rings. The van der Waals surface area contributed by atoms with E-state index in [2.05, 4.69) is 4.72 Å². The van der Waals surface area contributed by atoms with Crippen molar-refractivity contribution >= 4 is 32.6 Å². The van der Waals surface area contributed by atoms with Gasteiger partial charge in [0.2, 0.25) is 10.0 Å². The summed E-state index contributed by atoms with van der Waals surface area (Å²) < 4.78 is 23.1. The van der Waals surface area contributed by atoms with Gasteiger partial charge < -0.3 is 0 Å². The largest absolute Gasteiger partial charge is 0.213 e. The molecule has 0 unspecified atom stereocenters. The summed E-state index contributed by atoms with van der Waals surface area (Å²) in [7, 11) is -3.04. The molecule has 0 aromatic carbocycles. The summed E-state index contributed by atoms with van der Waals surface area (Å²) in [5.74, 6) is 0. The molecular weight excluding hydrogens is 253 g/mol. The van der Waals surface area contributed by atoms with Gasteiger partial charge in [0.1, 0.15) is 0 Å². The lowest BCUT2D eigenvalue weighted by Crippen LogP contribution is -2.36. The van der Waals surface area contributed by atoms with Crippen molar-refractivity contribution in [1.82, 2.24) is 4.72 Å². The standard InChI is InChI=1S/C4H10INO2S/c1-4(2,5)6-9(3,7)8/h6H,1-3H3. The van der Waals surface area contributed by atoms with E-state index in [0.717, 1.165) is 6.26 Å². The minimum atomic E-state index is -3.04. The zero-order valence-corrected chi connectivity index (χ0v) is 8.58. The Morgan fingerprint density at radius 1 is 1.44 bits per heavy atom. The van der Waals surface area contributed by atoms with Crippen molar-refractivity contribution in [2.45, 2.75) is 17.4 Å². The minimum Gasteiger partial charge on any atom is -0.213 e. The van der Waals surface area contributed by atoms with Crippen LogP contribution in [-0.4, -0.2) is 18.2 Å². The summed E-state index contributed by atoms with van der Waals surface area (Å²) in [6.07, 6.45) is 1.15. The van der Waals surface area contributed by atoms with Crippen molar-refractivity contribution in [3.63, 3.8) is 0 Å². The highest BCUT2D eigenvalue weighted by Crippen LogP contribution is 2.12. The van der Waals surface area contributed by atoms with E-state index in [1.54, 1.807) is 13.8 Å². The lowest BCUT2D eigenvalue weighted by atomic mass is 10.4. The smallest absolute Gasteiger partial charge is 0.209 e. The van der Waals surface area contributed by atoms with E-state index in [1.807, 2.05) is 22.6 Å². The lowest BCUT2D eigenvalue weighted by Gasteiger charge is -2.15. The van der Waals surface area contributed by atoms with Crippen molar-refractivity contribution in [1.29, 1.82) is 0 Å². The first-order valence-electron chi connectivity index (χ1n) is 2.38. The van der Waals surface area contributed by atoms with Crippen LogP contribution in [0.2, 0.25) is 0 Å². The highest BCUT2D eigenvalue weighted by Gasteiger charge is 2.16. The highest BCUT2D eigenvalue weighted by atomic mass is 127. The van der Waals surface area contributed by atoms with Crippen molar-refractivity contribution in [2.75, 3.05) is 6.26 Å². The maximum atomic E-state index is 10.5. The molecule has 0 spiro atoms. The third kappa shape index (κ3) is 8.64. The van der Waals surface area contributed by atoms with Gasteiger partial charge in [-0.1, -0.05) is 22.6 Å². The van der Waals surface area contributed by atoms with Crippen molar-refractivity contribution in [3.05, 3.63) is 0 Å². The van der Waals surface area contributed by atoms with E-state index in [-0.39, 0.29) is 3.55 Å². The number of hydrogen-bond donors (Lipinski definition) is 1. The highest BCUT2D eigenvalue weighted by molar-refractivity contribution is 14.1. The maximum absolute atomic E-state index is 10.5. The molecule has 0 aliphatic carbocycles. The molecule has 0 amide bonds. The molecule has 56 valence electrons. The van der Waals surface area contributed by atoms with Gasteiger partial charge in [-0.3, -0.25) is 0 Å². The molecule has 0 aromatic rings. The Morgan fingerprint density at radius 2 is 1.78 bits per heavy atom. The Bertz CT molecular complexity index is 179. The summed E-state index contributed by atoms with van der Waals surface area (Å²) in [6.45, 7) is 3.57. The number of hydrogen-bond acceptors (Lipinski definition) is 2. The Labute approximate surface area is 69.4 Å². The molecule has 0 radical (unpaired) electrons. The van der Waals surface area contributed by atoms with Crippen LogP contribution in [-0.2, 0) is 10.0 Å². The fourth-order valence-corrected chi connectivity index (χ4v) is 2.52. The second-order valence-electron chi connectivity index (χ2n) is 2.35. The second-order valence-corrected chi connectivity index (χ2v) is 6.79. The normalized spacial score (nSPS) is 13.8. The third-order valence-corrected chi connectivity index (χ3v) is 1.94. The maximum Gasteiger partial charge on any atom is 0.209 e. The fourth-order valence-electron chi connectivity index (χ4n) is 0.441. The summed E-state index contributed by atoms with van der Waals surface area (Å²) in [4.78, 5) is 0. The minimum absolute atomic E-state index is 0.384. The first-order chi connectivity index (χ1) is 3.71. The summed E-state index contributed by atoms with van der Waals surface area (Å²) >= 11 is 2.01. The molecule has 0 heterocycles. The molecule has 1 N–H and O–H groups in total. The van der Waals surface area contributed by atoms with E-state index >= 15 is 0 Å². The predicted octanol–water partition coefficient (Wildman–Crippen LogP) is 0.707. The van der Waals surface area contributed by atoms with Gasteiger partial charge in [0.15, 0.2) is 0 Å². The molecule has 3 nitrogen and oxygen atoms in total. The third-order valence-electron chi connectivity index (χ3n) is 0.428. The first kappa shape index (κ1) is 9.64. The van der Waals surface area contributed by atoms with E-state index in [9.17, 15) is 8.42 Å². The predicted molar refractivity (Wildman–Crippen MR) is 46.1 cm³/mol. The van der Waals surface area contributed by atoms with Crippen LogP contribution < -0.4 is 4.72 Å². The van der Waals surface area contributed by atoms with Crippen LogP contribution in [0.1, 0.15) is 13.8 Å². The molecule has 9 heavy (non-hydrogen) atoms. The van der Waals surface area contributed by atoms with E-state index in [0.29, 0.717) is 0 Å². The quantitative estimate of drug-likeness (QED) is 0.453. The zero-order chi connectivity index (χ0) is 7.71. The number of alkyl halides is 1. The Morgan fingerprint density at radius 3 is 1.78 bits per heavy atom. The van der Waals surface area contributed by atoms with Gasteiger partial charge in [-0.05, 0) is 13.8 Å². The van der Waals surface area contributed by atoms with E-state index in [4.69, 9.17) is 0 Å². The first-order valence-corrected chi connectivity index (χ1v) is 5.35. The van der Waals surface area contributed by atoms with Gasteiger partial charge in [0.05, 0.1) is 9.80 Å². The average molecular weight is 263 g/mol.